The molecule has 6 nitrogen and oxygen atoms in total. The van der Waals surface area contributed by atoms with Crippen LogP contribution in [0.25, 0.3) is 0 Å². The Labute approximate surface area is 143 Å². The first kappa shape index (κ1) is 16.8. The summed E-state index contributed by atoms with van der Waals surface area (Å²) in [6, 6.07) is 7.55. The Balaban J connectivity index is 1.50. The fourth-order valence-corrected chi connectivity index (χ4v) is 3.26. The third-order valence-electron chi connectivity index (χ3n) is 4.75. The van der Waals surface area contributed by atoms with E-state index in [0.29, 0.717) is 19.4 Å². The lowest BCUT2D eigenvalue weighted by Gasteiger charge is -2.34. The molecule has 0 aromatic heterocycles. The van der Waals surface area contributed by atoms with E-state index in [1.807, 2.05) is 29.2 Å². The number of carbonyl (C=O) groups excluding carboxylic acids is 2. The van der Waals surface area contributed by atoms with Crippen LogP contribution in [0, 0.1) is 0 Å². The van der Waals surface area contributed by atoms with Gasteiger partial charge >= 0.3 is 0 Å². The Morgan fingerprint density at radius 2 is 1.92 bits per heavy atom. The highest BCUT2D eigenvalue weighted by atomic mass is 16.5. The van der Waals surface area contributed by atoms with Crippen molar-refractivity contribution in [1.82, 2.24) is 9.80 Å². The number of likely N-dealkylation sites (N-methyl/N-ethyl adjacent to an activating group) is 1. The molecular formula is C18H25N3O3. The van der Waals surface area contributed by atoms with Gasteiger partial charge in [-0.05, 0) is 25.1 Å². The standard InChI is InChI=1S/C18H25N3O3/c1-2-19-10-12-20(13-11-19)17(22)8-5-9-21-15-6-3-4-7-16(15)24-14-18(21)23/h3-4,6-7H,2,5,8-14H2,1H3. The number of para-hydroxylation sites is 2. The zero-order valence-electron chi connectivity index (χ0n) is 14.2. The molecule has 0 bridgehead atoms. The molecule has 24 heavy (non-hydrogen) atoms. The zero-order chi connectivity index (χ0) is 16.9. The topological polar surface area (TPSA) is 53.1 Å². The van der Waals surface area contributed by atoms with E-state index in [1.165, 1.54) is 0 Å². The number of carbonyl (C=O) groups is 2. The van der Waals surface area contributed by atoms with Crippen LogP contribution in [0.4, 0.5) is 5.69 Å². The van der Waals surface area contributed by atoms with Gasteiger partial charge in [0.2, 0.25) is 5.91 Å². The second kappa shape index (κ2) is 7.66. The van der Waals surface area contributed by atoms with Crippen LogP contribution >= 0.6 is 0 Å². The van der Waals surface area contributed by atoms with Crippen molar-refractivity contribution in [2.45, 2.75) is 19.8 Å². The Hall–Kier alpha value is -2.08. The highest BCUT2D eigenvalue weighted by Gasteiger charge is 2.25. The molecule has 1 saturated heterocycles. The van der Waals surface area contributed by atoms with E-state index in [-0.39, 0.29) is 18.4 Å². The third-order valence-corrected chi connectivity index (χ3v) is 4.75. The molecule has 0 unspecified atom stereocenters. The van der Waals surface area contributed by atoms with Gasteiger partial charge < -0.3 is 19.4 Å². The molecule has 0 atom stereocenters. The van der Waals surface area contributed by atoms with Gasteiger partial charge in [-0.1, -0.05) is 19.1 Å². The number of hydrogen-bond acceptors (Lipinski definition) is 4. The summed E-state index contributed by atoms with van der Waals surface area (Å²) < 4.78 is 5.44. The summed E-state index contributed by atoms with van der Waals surface area (Å²) in [4.78, 5) is 30.5. The van der Waals surface area contributed by atoms with Gasteiger partial charge in [-0.3, -0.25) is 9.59 Å². The molecule has 2 heterocycles. The first-order valence-corrected chi connectivity index (χ1v) is 8.71. The highest BCUT2D eigenvalue weighted by molar-refractivity contribution is 5.97. The van der Waals surface area contributed by atoms with Crippen LogP contribution in [0.2, 0.25) is 0 Å². The van der Waals surface area contributed by atoms with E-state index in [0.717, 1.165) is 44.2 Å². The maximum absolute atomic E-state index is 12.3. The predicted octanol–water partition coefficient (Wildman–Crippen LogP) is 1.36. The summed E-state index contributed by atoms with van der Waals surface area (Å²) >= 11 is 0. The normalized spacial score (nSPS) is 18.3. The van der Waals surface area contributed by atoms with Crippen LogP contribution < -0.4 is 9.64 Å². The van der Waals surface area contributed by atoms with Crippen molar-refractivity contribution in [3.63, 3.8) is 0 Å². The molecule has 6 heteroatoms. The van der Waals surface area contributed by atoms with Crippen molar-refractivity contribution < 1.29 is 14.3 Å². The molecule has 0 radical (unpaired) electrons. The van der Waals surface area contributed by atoms with Crippen molar-refractivity contribution in [2.24, 2.45) is 0 Å². The molecule has 130 valence electrons. The highest BCUT2D eigenvalue weighted by Crippen LogP contribution is 2.31. The minimum atomic E-state index is -0.0438. The van der Waals surface area contributed by atoms with E-state index in [9.17, 15) is 9.59 Å². The smallest absolute Gasteiger partial charge is 0.265 e. The van der Waals surface area contributed by atoms with Crippen molar-refractivity contribution in [3.8, 4) is 5.75 Å². The SMILES string of the molecule is CCN1CCN(C(=O)CCCN2C(=O)COc3ccccc32)CC1. The van der Waals surface area contributed by atoms with E-state index in [1.54, 1.807) is 4.90 Å². The fraction of sp³-hybridized carbons (Fsp3) is 0.556. The second-order valence-electron chi connectivity index (χ2n) is 6.22. The van der Waals surface area contributed by atoms with Gasteiger partial charge in [0.1, 0.15) is 5.75 Å². The molecule has 2 aliphatic heterocycles. The van der Waals surface area contributed by atoms with Crippen molar-refractivity contribution >= 4 is 17.5 Å². The summed E-state index contributed by atoms with van der Waals surface area (Å²) in [6.07, 6.45) is 1.16. The monoisotopic (exact) mass is 331 g/mol. The lowest BCUT2D eigenvalue weighted by molar-refractivity contribution is -0.133. The number of amides is 2. The summed E-state index contributed by atoms with van der Waals surface area (Å²) in [7, 11) is 0. The number of hydrogen-bond donors (Lipinski definition) is 0. The first-order chi connectivity index (χ1) is 11.7. The van der Waals surface area contributed by atoms with E-state index >= 15 is 0 Å². The largest absolute Gasteiger partial charge is 0.482 e. The van der Waals surface area contributed by atoms with Crippen LogP contribution in [-0.4, -0.2) is 67.5 Å². The number of rotatable bonds is 5. The van der Waals surface area contributed by atoms with Gasteiger partial charge in [0, 0.05) is 39.1 Å². The lowest BCUT2D eigenvalue weighted by atomic mass is 10.2. The van der Waals surface area contributed by atoms with E-state index < -0.39 is 0 Å². The first-order valence-electron chi connectivity index (χ1n) is 8.71. The predicted molar refractivity (Wildman–Crippen MR) is 92.2 cm³/mol. The van der Waals surface area contributed by atoms with E-state index in [2.05, 4.69) is 11.8 Å². The van der Waals surface area contributed by atoms with Gasteiger partial charge in [-0.2, -0.15) is 0 Å². The van der Waals surface area contributed by atoms with Gasteiger partial charge in [0.25, 0.3) is 5.91 Å². The summed E-state index contributed by atoms with van der Waals surface area (Å²) in [5.74, 6) is 0.886. The molecule has 0 spiro atoms. The van der Waals surface area contributed by atoms with Gasteiger partial charge in [-0.15, -0.1) is 0 Å². The number of ether oxygens (including phenoxy) is 1. The minimum Gasteiger partial charge on any atom is -0.482 e. The molecule has 1 aromatic rings. The Kier molecular flexibility index (Phi) is 5.35. The average Bonchev–Trinajstić information content (AvgIpc) is 2.63. The number of benzene rings is 1. The number of anilines is 1. The van der Waals surface area contributed by atoms with Crippen molar-refractivity contribution in [2.75, 3.05) is 50.8 Å². The van der Waals surface area contributed by atoms with Crippen LogP contribution in [0.3, 0.4) is 0 Å². The van der Waals surface area contributed by atoms with Crippen LogP contribution in [0.15, 0.2) is 24.3 Å². The Morgan fingerprint density at radius 3 is 2.67 bits per heavy atom. The maximum Gasteiger partial charge on any atom is 0.265 e. The Morgan fingerprint density at radius 1 is 1.17 bits per heavy atom. The molecule has 1 aromatic carbocycles. The molecule has 1 fully saturated rings. The molecule has 2 aliphatic rings. The van der Waals surface area contributed by atoms with Gasteiger partial charge in [-0.25, -0.2) is 0 Å². The van der Waals surface area contributed by atoms with Crippen LogP contribution in [0.1, 0.15) is 19.8 Å². The van der Waals surface area contributed by atoms with Crippen molar-refractivity contribution in [1.29, 1.82) is 0 Å². The zero-order valence-corrected chi connectivity index (χ0v) is 14.2. The second-order valence-corrected chi connectivity index (χ2v) is 6.22. The maximum atomic E-state index is 12.3. The molecular weight excluding hydrogens is 306 g/mol. The van der Waals surface area contributed by atoms with Gasteiger partial charge in [0.05, 0.1) is 5.69 Å². The van der Waals surface area contributed by atoms with Crippen LogP contribution in [0.5, 0.6) is 5.75 Å². The minimum absolute atomic E-state index is 0.0438. The third kappa shape index (κ3) is 3.70. The number of nitrogens with zero attached hydrogens (tertiary/aromatic N) is 3. The van der Waals surface area contributed by atoms with Crippen molar-refractivity contribution in [3.05, 3.63) is 24.3 Å². The fourth-order valence-electron chi connectivity index (χ4n) is 3.26. The van der Waals surface area contributed by atoms with Gasteiger partial charge in [0.15, 0.2) is 6.61 Å². The molecule has 0 N–H and O–H groups in total. The quantitative estimate of drug-likeness (QED) is 0.817. The van der Waals surface area contributed by atoms with E-state index in [4.69, 9.17) is 4.74 Å². The number of fused-ring (bicyclic) bond motifs is 1. The molecule has 3 rings (SSSR count). The Bertz CT molecular complexity index is 597. The molecule has 0 saturated carbocycles. The summed E-state index contributed by atoms with van der Waals surface area (Å²) in [5.41, 5.74) is 0.803. The summed E-state index contributed by atoms with van der Waals surface area (Å²) in [6.45, 7) is 7.35. The molecule has 2 amide bonds. The average molecular weight is 331 g/mol. The van der Waals surface area contributed by atoms with Crippen LogP contribution in [-0.2, 0) is 9.59 Å². The number of piperazine rings is 1. The molecule has 0 aliphatic carbocycles. The summed E-state index contributed by atoms with van der Waals surface area (Å²) in [5, 5.41) is 0. The lowest BCUT2D eigenvalue weighted by Crippen LogP contribution is -2.48.